The number of aliphatic hydroxyl groups excluding tert-OH is 1. The van der Waals surface area contributed by atoms with Crippen LogP contribution in [0, 0.1) is 35.3 Å². The molecule has 8 rings (SSSR count). The molecule has 22 heteroatoms. The van der Waals surface area contributed by atoms with E-state index in [2.05, 4.69) is 32.0 Å². The van der Waals surface area contributed by atoms with Crippen LogP contribution in [-0.2, 0) is 20.6 Å². The van der Waals surface area contributed by atoms with Crippen molar-refractivity contribution in [2.24, 2.45) is 5.41 Å². The van der Waals surface area contributed by atoms with Gasteiger partial charge in [0.2, 0.25) is 11.8 Å². The Labute approximate surface area is 443 Å². The Bertz CT molecular complexity index is 3270. The fraction of sp³-hybridized carbons (Fsp3) is 0.315. The lowest BCUT2D eigenvalue weighted by molar-refractivity contribution is -0.142. The van der Waals surface area contributed by atoms with Crippen LogP contribution in [0.5, 0.6) is 0 Å². The third-order valence-electron chi connectivity index (χ3n) is 13.4. The van der Waals surface area contributed by atoms with Gasteiger partial charge in [0, 0.05) is 47.1 Å². The molecule has 3 aromatic carbocycles. The number of carbonyl (C=O) groups is 5. The number of pyridine rings is 1. The molecular formula is C54H50F5N9O6S2. The Hall–Kier alpha value is -7.74. The van der Waals surface area contributed by atoms with Crippen LogP contribution in [0.25, 0.3) is 11.3 Å². The molecular weight excluding hydrogens is 1030 g/mol. The van der Waals surface area contributed by atoms with Gasteiger partial charge >= 0.3 is 6.18 Å². The van der Waals surface area contributed by atoms with Gasteiger partial charge in [-0.05, 0) is 105 Å². The summed E-state index contributed by atoms with van der Waals surface area (Å²) in [4.78, 5) is 81.6. The van der Waals surface area contributed by atoms with Crippen LogP contribution < -0.4 is 25.8 Å². The van der Waals surface area contributed by atoms with E-state index in [1.165, 1.54) is 59.0 Å². The average Bonchev–Trinajstić information content (AvgIpc) is 4.03. The molecule has 2 aromatic heterocycles. The van der Waals surface area contributed by atoms with Crippen LogP contribution in [-0.4, -0.2) is 91.4 Å². The largest absolute Gasteiger partial charge is 0.420 e. The number of nitrogens with one attached hydrogen (secondary N) is 3. The summed E-state index contributed by atoms with van der Waals surface area (Å²) in [5, 5.41) is 27.7. The van der Waals surface area contributed by atoms with Gasteiger partial charge in [0.15, 0.2) is 10.9 Å². The maximum Gasteiger partial charge on any atom is 0.420 e. The van der Waals surface area contributed by atoms with Gasteiger partial charge in [-0.15, -0.1) is 11.3 Å². The molecule has 76 heavy (non-hydrogen) atoms. The van der Waals surface area contributed by atoms with Crippen LogP contribution in [0.15, 0.2) is 102 Å². The lowest BCUT2D eigenvalue weighted by Crippen LogP contribution is -2.57. The number of likely N-dealkylation sites (tertiary alicyclic amines) is 1. The van der Waals surface area contributed by atoms with Crippen LogP contribution in [0.3, 0.4) is 0 Å². The molecule has 1 unspecified atom stereocenters. The summed E-state index contributed by atoms with van der Waals surface area (Å²) >= 11 is 7.12. The summed E-state index contributed by atoms with van der Waals surface area (Å²) in [6, 6.07) is 13.4. The zero-order valence-electron chi connectivity index (χ0n) is 41.8. The molecule has 5 amide bonds. The quantitative estimate of drug-likeness (QED) is 0.0688. The molecule has 3 aliphatic rings. The number of anilines is 3. The number of nitrogens with zero attached hydrogens (tertiary/aromatic N) is 6. The molecule has 15 nitrogen and oxygen atoms in total. The van der Waals surface area contributed by atoms with Crippen molar-refractivity contribution in [3.8, 4) is 17.3 Å². The Kier molecular flexibility index (Phi) is 15.1. The number of hydrogen-bond donors (Lipinski definition) is 4. The van der Waals surface area contributed by atoms with E-state index in [9.17, 15) is 47.5 Å². The Morgan fingerprint density at radius 2 is 1.72 bits per heavy atom. The molecule has 0 spiro atoms. The second-order valence-corrected chi connectivity index (χ2v) is 21.3. The highest BCUT2D eigenvalue weighted by atomic mass is 32.1. The lowest BCUT2D eigenvalue weighted by Gasteiger charge is -2.35. The second kappa shape index (κ2) is 21.1. The fourth-order valence-corrected chi connectivity index (χ4v) is 10.7. The summed E-state index contributed by atoms with van der Waals surface area (Å²) in [7, 11) is 0. The smallest absolute Gasteiger partial charge is 0.391 e. The number of rotatable bonds is 12. The predicted molar refractivity (Wildman–Crippen MR) is 278 cm³/mol. The van der Waals surface area contributed by atoms with E-state index in [1.807, 2.05) is 24.6 Å². The number of thiazole rings is 1. The van der Waals surface area contributed by atoms with Crippen molar-refractivity contribution in [1.82, 2.24) is 25.5 Å². The SMILES string of the molecule is Cc1ncsc1C1C=CC(CNC(=O)[C@@H]2C[C@@H](O)CN2C(=O)[C@@H](NC(=O)c2ccc(C(=O)Nc3ccc(-c4ccc(N5C(=S)N(c6ccc(C#N)c(C(F)(F)F)c6F)C(=O)C5(C)C)cn4)cc3)c(F)c2)C(C)(C)C)=CC1. The van der Waals surface area contributed by atoms with Gasteiger partial charge in [0.25, 0.3) is 17.7 Å². The minimum Gasteiger partial charge on any atom is -0.391 e. The molecule has 4 heterocycles. The highest BCUT2D eigenvalue weighted by Gasteiger charge is 2.52. The van der Waals surface area contributed by atoms with Gasteiger partial charge < -0.3 is 30.9 Å². The Balaban J connectivity index is 0.884. The number of hydrogen-bond acceptors (Lipinski definition) is 11. The van der Waals surface area contributed by atoms with Gasteiger partial charge in [-0.1, -0.05) is 51.1 Å². The van der Waals surface area contributed by atoms with Crippen LogP contribution in [0.1, 0.15) is 95.8 Å². The molecule has 4 N–H and O–H groups in total. The zero-order chi connectivity index (χ0) is 55.2. The normalized spacial score (nSPS) is 18.8. The van der Waals surface area contributed by atoms with Gasteiger partial charge in [-0.3, -0.25) is 33.9 Å². The number of allylic oxidation sites excluding steroid dienone is 2. The highest BCUT2D eigenvalue weighted by Crippen LogP contribution is 2.42. The number of aliphatic hydroxyl groups is 1. The molecule has 4 atom stereocenters. The van der Waals surface area contributed by atoms with Crippen molar-refractivity contribution in [1.29, 1.82) is 5.26 Å². The van der Waals surface area contributed by atoms with Gasteiger partial charge in [-0.2, -0.15) is 18.4 Å². The molecule has 5 aromatic rings. The zero-order valence-corrected chi connectivity index (χ0v) is 43.4. The predicted octanol–water partition coefficient (Wildman–Crippen LogP) is 8.74. The average molecular weight is 1080 g/mol. The fourth-order valence-electron chi connectivity index (χ4n) is 9.30. The minimum atomic E-state index is -5.24. The van der Waals surface area contributed by atoms with Crippen molar-refractivity contribution in [3.05, 3.63) is 147 Å². The number of β-amino-alcohol motifs (C(OH)–C–C–N with tert-alkyl or cyclic N) is 1. The number of aryl methyl sites for hydroxylation is 1. The molecule has 2 fully saturated rings. The maximum atomic E-state index is 15.7. The number of aromatic nitrogens is 2. The van der Waals surface area contributed by atoms with Crippen molar-refractivity contribution < 1.29 is 51.0 Å². The van der Waals surface area contributed by atoms with E-state index in [4.69, 9.17) is 12.2 Å². The minimum absolute atomic E-state index is 0.00720. The van der Waals surface area contributed by atoms with Crippen molar-refractivity contribution >= 4 is 75.3 Å². The molecule has 2 aliphatic heterocycles. The van der Waals surface area contributed by atoms with Crippen molar-refractivity contribution in [2.45, 2.75) is 90.2 Å². The van der Waals surface area contributed by atoms with E-state index in [0.29, 0.717) is 16.2 Å². The maximum absolute atomic E-state index is 15.7. The second-order valence-electron chi connectivity index (χ2n) is 20.0. The van der Waals surface area contributed by atoms with Gasteiger partial charge in [0.1, 0.15) is 29.0 Å². The number of thiocarbonyl (C=S) groups is 1. The van der Waals surface area contributed by atoms with E-state index in [0.717, 1.165) is 42.0 Å². The molecule has 0 saturated carbocycles. The highest BCUT2D eigenvalue weighted by molar-refractivity contribution is 7.81. The van der Waals surface area contributed by atoms with Crippen LogP contribution in [0.2, 0.25) is 0 Å². The monoisotopic (exact) mass is 1080 g/mol. The molecule has 0 bridgehead atoms. The number of amides is 5. The van der Waals surface area contributed by atoms with Crippen molar-refractivity contribution in [3.63, 3.8) is 0 Å². The van der Waals surface area contributed by atoms with Crippen molar-refractivity contribution in [2.75, 3.05) is 28.2 Å². The first-order valence-electron chi connectivity index (χ1n) is 23.8. The molecule has 0 radical (unpaired) electrons. The Morgan fingerprint density at radius 1 is 1.00 bits per heavy atom. The van der Waals surface area contributed by atoms with E-state index in [1.54, 1.807) is 56.4 Å². The summed E-state index contributed by atoms with van der Waals surface area (Å²) in [6.45, 7) is 10.1. The summed E-state index contributed by atoms with van der Waals surface area (Å²) in [5.74, 6) is -6.20. The van der Waals surface area contributed by atoms with Gasteiger partial charge in [0.05, 0.1) is 57.8 Å². The van der Waals surface area contributed by atoms with E-state index in [-0.39, 0.29) is 47.5 Å². The summed E-state index contributed by atoms with van der Waals surface area (Å²) < 4.78 is 72.6. The van der Waals surface area contributed by atoms with Crippen LogP contribution in [0.4, 0.5) is 39.0 Å². The first-order valence-corrected chi connectivity index (χ1v) is 25.1. The third-order valence-corrected chi connectivity index (χ3v) is 14.8. The molecule has 2 saturated heterocycles. The number of carbonyl (C=O) groups excluding carboxylic acids is 5. The standard InChI is InChI=1S/C54H50F5N9O6S2/c1-28-44(76-27-63-28)31-9-7-29(8-10-31)24-62-48(72)41-22-36(69)26-66(41)49(73)45(52(2,3)4)65-46(70)32-13-18-37(38(55)21-32)47(71)64-34-15-11-30(12-16-34)39-19-17-35(25-61-39)68-51(75)67(50(74)53(68,5)6)40-20-14-33(23-60)42(43(40)56)54(57,58)59/h7-9,11-21,25,27,31,36,41,45,69H,10,22,24,26H2,1-6H3,(H,62,72)(H,64,71)(H,65,70)/t31?,36-,41+,45-/m1/s1. The van der Waals surface area contributed by atoms with E-state index < -0.39 is 98.9 Å². The number of nitriles is 1. The number of benzene rings is 3. The van der Waals surface area contributed by atoms with E-state index >= 15 is 8.78 Å². The molecule has 394 valence electrons. The first kappa shape index (κ1) is 54.5. The summed E-state index contributed by atoms with van der Waals surface area (Å²) in [5.41, 5.74) is -1.35. The third kappa shape index (κ3) is 10.9. The van der Waals surface area contributed by atoms with Gasteiger partial charge in [-0.25, -0.2) is 13.8 Å². The van der Waals surface area contributed by atoms with Crippen LogP contribution >= 0.6 is 23.6 Å². The molecule has 1 aliphatic carbocycles. The number of alkyl halides is 3. The summed E-state index contributed by atoms with van der Waals surface area (Å²) in [6.07, 6.45) is 1.95. The Morgan fingerprint density at radius 3 is 2.32 bits per heavy atom. The first-order chi connectivity index (χ1) is 35.8. The number of halogens is 5. The lowest BCUT2D eigenvalue weighted by atomic mass is 9.85. The topological polar surface area (TPSA) is 201 Å².